The largest absolute Gasteiger partial charge is 0.489 e. The molecule has 152 valence electrons. The lowest BCUT2D eigenvalue weighted by atomic mass is 10.2. The van der Waals surface area contributed by atoms with E-state index in [-0.39, 0.29) is 19.7 Å². The first-order chi connectivity index (χ1) is 13.8. The number of aromatic nitrogens is 1. The summed E-state index contributed by atoms with van der Waals surface area (Å²) in [6, 6.07) is 16.5. The quantitative estimate of drug-likeness (QED) is 0.573. The third kappa shape index (κ3) is 5.45. The Kier molecular flexibility index (Phi) is 6.33. The number of hydrogen-bond acceptors (Lipinski definition) is 5. The van der Waals surface area contributed by atoms with Gasteiger partial charge < -0.3 is 10.1 Å². The van der Waals surface area contributed by atoms with E-state index in [9.17, 15) is 13.2 Å². The van der Waals surface area contributed by atoms with Gasteiger partial charge in [0.2, 0.25) is 15.9 Å². The summed E-state index contributed by atoms with van der Waals surface area (Å²) in [6.07, 6.45) is 2.78. The van der Waals surface area contributed by atoms with Crippen LogP contribution < -0.4 is 14.4 Å². The third-order valence-corrected chi connectivity index (χ3v) is 5.40. The normalized spacial score (nSPS) is 11.2. The van der Waals surface area contributed by atoms with Crippen molar-refractivity contribution in [2.45, 2.75) is 6.92 Å². The lowest BCUT2D eigenvalue weighted by Gasteiger charge is -2.22. The summed E-state index contributed by atoms with van der Waals surface area (Å²) in [4.78, 5) is 16.6. The summed E-state index contributed by atoms with van der Waals surface area (Å²) in [5, 5.41) is 3.67. The van der Waals surface area contributed by atoms with Crippen molar-refractivity contribution in [3.8, 4) is 5.75 Å². The number of amides is 1. The molecule has 0 saturated heterocycles. The molecule has 29 heavy (non-hydrogen) atoms. The zero-order valence-corrected chi connectivity index (χ0v) is 17.1. The standard InChI is InChI=1S/C21H23N3O4S/c1-16-6-3-9-18(14-16)24(29(2,26)27)15-20(25)22-12-13-28-19-10-4-7-17-8-5-11-23-21(17)19/h3-11,14H,12-13,15H2,1-2H3,(H,22,25). The van der Waals surface area contributed by atoms with Gasteiger partial charge >= 0.3 is 0 Å². The predicted molar refractivity (Wildman–Crippen MR) is 114 cm³/mol. The fraction of sp³-hybridized carbons (Fsp3) is 0.238. The second-order valence-corrected chi connectivity index (χ2v) is 8.55. The van der Waals surface area contributed by atoms with Gasteiger partial charge in [0, 0.05) is 11.6 Å². The van der Waals surface area contributed by atoms with Crippen LogP contribution >= 0.6 is 0 Å². The van der Waals surface area contributed by atoms with E-state index in [1.54, 1.807) is 24.4 Å². The molecular formula is C21H23N3O4S. The number of hydrogen-bond donors (Lipinski definition) is 1. The average molecular weight is 413 g/mol. The van der Waals surface area contributed by atoms with E-state index < -0.39 is 15.9 Å². The highest BCUT2D eigenvalue weighted by molar-refractivity contribution is 7.92. The Bertz CT molecular complexity index is 1110. The molecule has 0 aliphatic carbocycles. The topological polar surface area (TPSA) is 88.6 Å². The average Bonchev–Trinajstić information content (AvgIpc) is 2.68. The summed E-state index contributed by atoms with van der Waals surface area (Å²) in [5.74, 6) is 0.228. The Hall–Kier alpha value is -3.13. The number of ether oxygens (including phenoxy) is 1. The fourth-order valence-corrected chi connectivity index (χ4v) is 3.76. The molecule has 3 aromatic rings. The lowest BCUT2D eigenvalue weighted by Crippen LogP contribution is -2.41. The second-order valence-electron chi connectivity index (χ2n) is 6.64. The molecule has 8 heteroatoms. The van der Waals surface area contributed by atoms with Crippen molar-refractivity contribution >= 4 is 32.5 Å². The van der Waals surface area contributed by atoms with Crippen LogP contribution in [0, 0.1) is 6.92 Å². The van der Waals surface area contributed by atoms with E-state index in [2.05, 4.69) is 10.3 Å². The highest BCUT2D eigenvalue weighted by atomic mass is 32.2. The zero-order chi connectivity index (χ0) is 20.9. The van der Waals surface area contributed by atoms with E-state index >= 15 is 0 Å². The van der Waals surface area contributed by atoms with Gasteiger partial charge in [-0.1, -0.05) is 30.3 Å². The van der Waals surface area contributed by atoms with Gasteiger partial charge in [0.05, 0.1) is 18.5 Å². The van der Waals surface area contributed by atoms with E-state index in [4.69, 9.17) is 4.74 Å². The van der Waals surface area contributed by atoms with Crippen LogP contribution in [-0.4, -0.2) is 45.3 Å². The maximum absolute atomic E-state index is 12.3. The van der Waals surface area contributed by atoms with Crippen molar-refractivity contribution in [3.05, 3.63) is 66.4 Å². The first kappa shape index (κ1) is 20.6. The predicted octanol–water partition coefficient (Wildman–Crippen LogP) is 2.50. The molecule has 0 atom stereocenters. The van der Waals surface area contributed by atoms with Gasteiger partial charge in [-0.25, -0.2) is 8.42 Å². The molecule has 1 aromatic heterocycles. The van der Waals surface area contributed by atoms with Crippen LogP contribution in [0.5, 0.6) is 5.75 Å². The van der Waals surface area contributed by atoms with Gasteiger partial charge in [-0.3, -0.25) is 14.1 Å². The molecule has 0 radical (unpaired) electrons. The van der Waals surface area contributed by atoms with Crippen LogP contribution in [-0.2, 0) is 14.8 Å². The maximum atomic E-state index is 12.3. The SMILES string of the molecule is Cc1cccc(N(CC(=O)NCCOc2cccc3cccnc23)S(C)(=O)=O)c1. The number of nitrogens with one attached hydrogen (secondary N) is 1. The number of benzene rings is 2. The van der Waals surface area contributed by atoms with Gasteiger partial charge in [-0.15, -0.1) is 0 Å². The molecule has 0 fully saturated rings. The van der Waals surface area contributed by atoms with Gasteiger partial charge in [0.25, 0.3) is 0 Å². The minimum atomic E-state index is -3.59. The number of pyridine rings is 1. The third-order valence-electron chi connectivity index (χ3n) is 4.25. The minimum Gasteiger partial charge on any atom is -0.489 e. The van der Waals surface area contributed by atoms with E-state index in [1.807, 2.05) is 43.3 Å². The van der Waals surface area contributed by atoms with Crippen molar-refractivity contribution in [3.63, 3.8) is 0 Å². The minimum absolute atomic E-state index is 0.241. The smallest absolute Gasteiger partial charge is 0.240 e. The molecule has 0 saturated carbocycles. The number of rotatable bonds is 8. The highest BCUT2D eigenvalue weighted by Crippen LogP contribution is 2.22. The first-order valence-corrected chi connectivity index (χ1v) is 11.0. The molecule has 2 aromatic carbocycles. The fourth-order valence-electron chi connectivity index (χ4n) is 2.91. The number of para-hydroxylation sites is 1. The van der Waals surface area contributed by atoms with Crippen LogP contribution in [0.1, 0.15) is 5.56 Å². The Balaban J connectivity index is 1.57. The number of carbonyl (C=O) groups is 1. The molecule has 0 bridgehead atoms. The van der Waals surface area contributed by atoms with Gasteiger partial charge in [-0.2, -0.15) is 0 Å². The Morgan fingerprint density at radius 3 is 2.66 bits per heavy atom. The van der Waals surface area contributed by atoms with Crippen molar-refractivity contribution in [2.75, 3.05) is 30.3 Å². The number of nitrogens with zero attached hydrogens (tertiary/aromatic N) is 2. The Morgan fingerprint density at radius 2 is 1.90 bits per heavy atom. The van der Waals surface area contributed by atoms with Crippen LogP contribution in [0.4, 0.5) is 5.69 Å². The van der Waals surface area contributed by atoms with Gasteiger partial charge in [0.15, 0.2) is 0 Å². The number of fused-ring (bicyclic) bond motifs is 1. The second kappa shape index (κ2) is 8.91. The summed E-state index contributed by atoms with van der Waals surface area (Å²) >= 11 is 0. The van der Waals surface area contributed by atoms with E-state index in [0.717, 1.165) is 27.0 Å². The molecule has 1 heterocycles. The summed E-state index contributed by atoms with van der Waals surface area (Å²) in [7, 11) is -3.59. The number of anilines is 1. The van der Waals surface area contributed by atoms with Crippen molar-refractivity contribution in [1.29, 1.82) is 0 Å². The number of aryl methyl sites for hydroxylation is 1. The lowest BCUT2D eigenvalue weighted by molar-refractivity contribution is -0.119. The Labute approximate surface area is 170 Å². The van der Waals surface area contributed by atoms with Crippen LogP contribution in [0.3, 0.4) is 0 Å². The Morgan fingerprint density at radius 1 is 1.14 bits per heavy atom. The van der Waals surface area contributed by atoms with Crippen molar-refractivity contribution < 1.29 is 17.9 Å². The van der Waals surface area contributed by atoms with Gasteiger partial charge in [0.1, 0.15) is 24.4 Å². The summed E-state index contributed by atoms with van der Waals surface area (Å²) < 4.78 is 31.1. The maximum Gasteiger partial charge on any atom is 0.240 e. The molecule has 0 aliphatic heterocycles. The number of carbonyl (C=O) groups excluding carboxylic acids is 1. The van der Waals surface area contributed by atoms with Crippen LogP contribution in [0.25, 0.3) is 10.9 Å². The molecule has 3 rings (SSSR count). The van der Waals surface area contributed by atoms with E-state index in [1.165, 1.54) is 0 Å². The molecule has 1 N–H and O–H groups in total. The van der Waals surface area contributed by atoms with Gasteiger partial charge in [-0.05, 0) is 36.8 Å². The molecule has 1 amide bonds. The summed E-state index contributed by atoms with van der Waals surface area (Å²) in [6.45, 7) is 2.06. The zero-order valence-electron chi connectivity index (χ0n) is 16.3. The van der Waals surface area contributed by atoms with Crippen LogP contribution in [0.2, 0.25) is 0 Å². The molecule has 7 nitrogen and oxygen atoms in total. The molecule has 0 spiro atoms. The molecular weight excluding hydrogens is 390 g/mol. The molecule has 0 aliphatic rings. The monoisotopic (exact) mass is 413 g/mol. The van der Waals surface area contributed by atoms with E-state index in [0.29, 0.717) is 11.4 Å². The first-order valence-electron chi connectivity index (χ1n) is 9.12. The van der Waals surface area contributed by atoms with Crippen LogP contribution in [0.15, 0.2) is 60.8 Å². The number of sulfonamides is 1. The molecule has 0 unspecified atom stereocenters. The highest BCUT2D eigenvalue weighted by Gasteiger charge is 2.20. The van der Waals surface area contributed by atoms with Crippen molar-refractivity contribution in [1.82, 2.24) is 10.3 Å². The van der Waals surface area contributed by atoms with Crippen molar-refractivity contribution in [2.24, 2.45) is 0 Å². The summed E-state index contributed by atoms with van der Waals surface area (Å²) in [5.41, 5.74) is 2.12.